The largest absolute Gasteiger partial charge is 0.412 e. The third-order valence-corrected chi connectivity index (χ3v) is 2.13. The molecular formula is C13H19N5O3. The number of oxime groups is 1. The van der Waals surface area contributed by atoms with E-state index in [1.165, 1.54) is 6.08 Å². The molecule has 1 aromatic rings. The van der Waals surface area contributed by atoms with Gasteiger partial charge in [0.2, 0.25) is 0 Å². The van der Waals surface area contributed by atoms with Crippen molar-refractivity contribution >= 4 is 24.0 Å². The van der Waals surface area contributed by atoms with E-state index in [1.54, 1.807) is 25.1 Å². The molecule has 0 heterocycles. The average molecular weight is 293 g/mol. The van der Waals surface area contributed by atoms with Gasteiger partial charge in [-0.2, -0.15) is 4.99 Å². The molecule has 0 amide bonds. The van der Waals surface area contributed by atoms with Crippen LogP contribution in [0.4, 0.5) is 0 Å². The predicted molar refractivity (Wildman–Crippen MR) is 82.1 cm³/mol. The van der Waals surface area contributed by atoms with Gasteiger partial charge in [-0.3, -0.25) is 0 Å². The van der Waals surface area contributed by atoms with Crippen molar-refractivity contribution in [2.24, 2.45) is 21.6 Å². The number of hydrogen-bond acceptors (Lipinski definition) is 3. The molecule has 0 fully saturated rings. The average Bonchev–Trinajstić information content (AvgIpc) is 2.43. The zero-order chi connectivity index (χ0) is 15.0. The van der Waals surface area contributed by atoms with E-state index >= 15 is 0 Å². The fourth-order valence-corrected chi connectivity index (χ4v) is 1.09. The summed E-state index contributed by atoms with van der Waals surface area (Å²) in [6.07, 6.45) is 2.84. The molecule has 0 saturated carbocycles. The van der Waals surface area contributed by atoms with Gasteiger partial charge in [0.1, 0.15) is 0 Å². The highest BCUT2D eigenvalue weighted by atomic mass is 16.7. The summed E-state index contributed by atoms with van der Waals surface area (Å²) in [6.45, 7) is 0. The zero-order valence-electron chi connectivity index (χ0n) is 11.9. The van der Waals surface area contributed by atoms with Crippen LogP contribution >= 0.6 is 0 Å². The number of carbonyl (C=O) groups excluding carboxylic acids is 1. The van der Waals surface area contributed by atoms with Crippen molar-refractivity contribution in [2.75, 3.05) is 14.1 Å². The van der Waals surface area contributed by atoms with Crippen molar-refractivity contribution in [3.63, 3.8) is 0 Å². The van der Waals surface area contributed by atoms with Crippen LogP contribution in [-0.2, 0) is 9.63 Å². The molecule has 8 heteroatoms. The van der Waals surface area contributed by atoms with Gasteiger partial charge in [-0.15, -0.1) is 0 Å². The highest BCUT2D eigenvalue weighted by molar-refractivity contribution is 5.93. The minimum atomic E-state index is -0.657. The second-order valence-corrected chi connectivity index (χ2v) is 3.97. The normalized spacial score (nSPS) is 11.9. The topological polar surface area (TPSA) is 138 Å². The minimum absolute atomic E-state index is 0. The van der Waals surface area contributed by atoms with E-state index in [0.717, 1.165) is 5.56 Å². The van der Waals surface area contributed by atoms with Crippen LogP contribution in [0.15, 0.2) is 46.6 Å². The fourth-order valence-electron chi connectivity index (χ4n) is 1.09. The number of hydrogen-bond donors (Lipinski definition) is 2. The lowest BCUT2D eigenvalue weighted by Crippen LogP contribution is -2.32. The summed E-state index contributed by atoms with van der Waals surface area (Å²) in [6, 6.07) is 9.31. The lowest BCUT2D eigenvalue weighted by Gasteiger charge is -2.09. The maximum absolute atomic E-state index is 11.4. The second-order valence-electron chi connectivity index (χ2n) is 3.97. The third-order valence-electron chi connectivity index (χ3n) is 2.13. The lowest BCUT2D eigenvalue weighted by molar-refractivity contribution is -0.137. The van der Waals surface area contributed by atoms with Crippen molar-refractivity contribution in [3.8, 4) is 0 Å². The highest BCUT2D eigenvalue weighted by Gasteiger charge is 1.99. The molecule has 6 N–H and O–H groups in total. The smallest absolute Gasteiger partial charge is 0.358 e. The van der Waals surface area contributed by atoms with Crippen molar-refractivity contribution in [1.29, 1.82) is 0 Å². The molecule has 21 heavy (non-hydrogen) atoms. The Labute approximate surface area is 122 Å². The second kappa shape index (κ2) is 9.10. The first kappa shape index (κ1) is 18.1. The van der Waals surface area contributed by atoms with Gasteiger partial charge in [0.25, 0.3) is 5.96 Å². The predicted octanol–water partition coefficient (Wildman–Crippen LogP) is -0.476. The number of aliphatic imine (C=N–C) groups is 1. The van der Waals surface area contributed by atoms with Gasteiger partial charge in [0.05, 0.1) is 0 Å². The van der Waals surface area contributed by atoms with Crippen LogP contribution < -0.4 is 11.5 Å². The summed E-state index contributed by atoms with van der Waals surface area (Å²) >= 11 is 0. The first-order valence-corrected chi connectivity index (χ1v) is 5.78. The summed E-state index contributed by atoms with van der Waals surface area (Å²) in [5.74, 6) is -0.741. The standard InChI is InChI=1S/C13H17N5O2.H2O/c1-18(2)13(15)16-12(14)17-20-11(19)9-8-10-6-4-3-5-7-10;/h3-9H,1-2H3,(H4,14,15,16,17);1H2/b9-8+;. The molecule has 0 unspecified atom stereocenters. The maximum atomic E-state index is 11.4. The Balaban J connectivity index is 0.00000400. The Morgan fingerprint density at radius 1 is 1.24 bits per heavy atom. The zero-order valence-corrected chi connectivity index (χ0v) is 11.9. The Bertz CT molecular complexity index is 538. The maximum Gasteiger partial charge on any atom is 0.358 e. The van der Waals surface area contributed by atoms with Crippen molar-refractivity contribution < 1.29 is 15.1 Å². The number of nitrogens with zero attached hydrogens (tertiary/aromatic N) is 3. The van der Waals surface area contributed by atoms with E-state index in [0.29, 0.717) is 0 Å². The van der Waals surface area contributed by atoms with Gasteiger partial charge in [0, 0.05) is 20.2 Å². The molecule has 0 saturated heterocycles. The molecule has 0 radical (unpaired) electrons. The first-order chi connectivity index (χ1) is 9.49. The molecule has 0 atom stereocenters. The molecule has 0 bridgehead atoms. The van der Waals surface area contributed by atoms with Crippen LogP contribution in [0, 0.1) is 0 Å². The monoisotopic (exact) mass is 293 g/mol. The van der Waals surface area contributed by atoms with Gasteiger partial charge >= 0.3 is 5.97 Å². The van der Waals surface area contributed by atoms with E-state index < -0.39 is 5.97 Å². The molecule has 1 rings (SSSR count). The van der Waals surface area contributed by atoms with Gasteiger partial charge < -0.3 is 26.7 Å². The molecule has 114 valence electrons. The number of carbonyl (C=O) groups is 1. The van der Waals surface area contributed by atoms with Crippen LogP contribution in [0.2, 0.25) is 0 Å². The van der Waals surface area contributed by atoms with E-state index in [2.05, 4.69) is 15.0 Å². The first-order valence-electron chi connectivity index (χ1n) is 5.78. The molecule has 8 nitrogen and oxygen atoms in total. The van der Waals surface area contributed by atoms with E-state index in [9.17, 15) is 4.79 Å². The molecule has 0 aliphatic heterocycles. The lowest BCUT2D eigenvalue weighted by atomic mass is 10.2. The number of nitrogens with two attached hydrogens (primary N) is 2. The Kier molecular flexibility index (Phi) is 7.86. The van der Waals surface area contributed by atoms with Crippen molar-refractivity contribution in [1.82, 2.24) is 4.90 Å². The highest BCUT2D eigenvalue weighted by Crippen LogP contribution is 2.01. The molecule has 0 spiro atoms. The molecule has 0 aliphatic carbocycles. The van der Waals surface area contributed by atoms with Crippen LogP contribution in [0.3, 0.4) is 0 Å². The summed E-state index contributed by atoms with van der Waals surface area (Å²) in [5, 5.41) is 3.36. The summed E-state index contributed by atoms with van der Waals surface area (Å²) < 4.78 is 0. The molecular weight excluding hydrogens is 274 g/mol. The Morgan fingerprint density at radius 3 is 2.43 bits per heavy atom. The summed E-state index contributed by atoms with van der Waals surface area (Å²) in [4.78, 5) is 21.2. The number of benzene rings is 1. The fraction of sp³-hybridized carbons (Fsp3) is 0.154. The van der Waals surface area contributed by atoms with E-state index in [1.807, 2.05) is 30.3 Å². The van der Waals surface area contributed by atoms with Gasteiger partial charge in [-0.25, -0.2) is 4.79 Å². The van der Waals surface area contributed by atoms with Crippen LogP contribution in [-0.4, -0.2) is 42.4 Å². The van der Waals surface area contributed by atoms with Crippen molar-refractivity contribution in [3.05, 3.63) is 42.0 Å². The summed E-state index contributed by atoms with van der Waals surface area (Å²) in [7, 11) is 3.39. The minimum Gasteiger partial charge on any atom is -0.412 e. The molecule has 0 aliphatic rings. The van der Waals surface area contributed by atoms with Crippen LogP contribution in [0.5, 0.6) is 0 Å². The van der Waals surface area contributed by atoms with Crippen LogP contribution in [0.1, 0.15) is 5.56 Å². The number of guanidine groups is 2. The molecule has 0 aromatic heterocycles. The number of rotatable bonds is 3. The summed E-state index contributed by atoms with van der Waals surface area (Å²) in [5.41, 5.74) is 11.8. The van der Waals surface area contributed by atoms with E-state index in [-0.39, 0.29) is 17.4 Å². The van der Waals surface area contributed by atoms with Gasteiger partial charge in [0.15, 0.2) is 5.96 Å². The molecule has 1 aromatic carbocycles. The Morgan fingerprint density at radius 2 is 1.86 bits per heavy atom. The van der Waals surface area contributed by atoms with E-state index in [4.69, 9.17) is 11.5 Å². The third kappa shape index (κ3) is 7.33. The SMILES string of the molecule is CN(C)/C(N)=N/C(N)=N/OC(=O)/C=C/c1ccccc1.O. The quantitative estimate of drug-likeness (QED) is 0.255. The van der Waals surface area contributed by atoms with Crippen LogP contribution in [0.25, 0.3) is 6.08 Å². The Hall–Kier alpha value is -2.87. The van der Waals surface area contributed by atoms with Gasteiger partial charge in [-0.1, -0.05) is 30.3 Å². The van der Waals surface area contributed by atoms with Gasteiger partial charge in [-0.05, 0) is 16.8 Å². The van der Waals surface area contributed by atoms with Crippen molar-refractivity contribution in [2.45, 2.75) is 0 Å².